The lowest BCUT2D eigenvalue weighted by Gasteiger charge is -2.08. The number of carbonyl (C=O) groups excluding carboxylic acids is 1. The Labute approximate surface area is 78.4 Å². The molecule has 0 unspecified atom stereocenters. The first-order valence-corrected chi connectivity index (χ1v) is 4.30. The maximum atomic E-state index is 11.6. The number of hydrogen-bond acceptors (Lipinski definition) is 5. The normalized spacial score (nSPS) is 25.1. The summed E-state index contributed by atoms with van der Waals surface area (Å²) >= 11 is 0. The summed E-state index contributed by atoms with van der Waals surface area (Å²) in [6.07, 6.45) is 0.589. The van der Waals surface area contributed by atoms with Crippen LogP contribution in [0.25, 0.3) is 0 Å². The molecule has 76 valence electrons. The molecule has 2 aliphatic carbocycles. The summed E-state index contributed by atoms with van der Waals surface area (Å²) in [4.78, 5) is 31.4. The smallest absolute Gasteiger partial charge is 0.283 e. The van der Waals surface area contributed by atoms with Crippen LogP contribution in [-0.4, -0.2) is 26.7 Å². The lowest BCUT2D eigenvalue weighted by atomic mass is 10.0. The summed E-state index contributed by atoms with van der Waals surface area (Å²) in [5.74, 6) is -0.792. The molecule has 0 bridgehead atoms. The van der Waals surface area contributed by atoms with E-state index in [1.165, 1.54) is 0 Å². The van der Waals surface area contributed by atoms with Gasteiger partial charge < -0.3 is 0 Å². The van der Waals surface area contributed by atoms with Crippen LogP contribution in [0.5, 0.6) is 0 Å². The molecule has 0 amide bonds. The second-order valence-electron chi connectivity index (χ2n) is 3.91. The monoisotopic (exact) mass is 200 g/mol. The zero-order chi connectivity index (χ0) is 10.6. The Morgan fingerprint density at radius 3 is 1.36 bits per heavy atom. The third kappa shape index (κ3) is 0.891. The lowest BCUT2D eigenvalue weighted by molar-refractivity contribution is -0.547. The van der Waals surface area contributed by atoms with E-state index in [2.05, 4.69) is 0 Å². The largest absolute Gasteiger partial charge is 0.287 e. The van der Waals surface area contributed by atoms with Gasteiger partial charge in [0.05, 0.1) is 0 Å². The number of nitro groups is 2. The van der Waals surface area contributed by atoms with Gasteiger partial charge in [0.2, 0.25) is 0 Å². The van der Waals surface area contributed by atoms with E-state index in [4.69, 9.17) is 0 Å². The van der Waals surface area contributed by atoms with Crippen LogP contribution in [0.4, 0.5) is 0 Å². The average Bonchev–Trinajstić information content (AvgIpc) is 3.00. The van der Waals surface area contributed by atoms with Gasteiger partial charge in [-0.2, -0.15) is 0 Å². The first-order chi connectivity index (χ1) is 6.46. The van der Waals surface area contributed by atoms with Gasteiger partial charge in [-0.1, -0.05) is 0 Å². The Kier molecular flexibility index (Phi) is 1.47. The fourth-order valence-corrected chi connectivity index (χ4v) is 1.66. The van der Waals surface area contributed by atoms with Crippen molar-refractivity contribution >= 4 is 5.78 Å². The molecule has 2 fully saturated rings. The molecule has 0 atom stereocenters. The zero-order valence-corrected chi connectivity index (χ0v) is 7.26. The summed E-state index contributed by atoms with van der Waals surface area (Å²) in [6.45, 7) is 0. The predicted octanol–water partition coefficient (Wildman–Crippen LogP) is 0.174. The molecule has 2 saturated carbocycles. The molecular formula is C7H8N2O5. The highest BCUT2D eigenvalue weighted by atomic mass is 16.6. The Morgan fingerprint density at radius 2 is 1.21 bits per heavy atom. The quantitative estimate of drug-likeness (QED) is 0.475. The minimum atomic E-state index is -1.62. The Bertz CT molecular complexity index is 310. The molecule has 2 rings (SSSR count). The number of rotatable bonds is 4. The van der Waals surface area contributed by atoms with E-state index < -0.39 is 26.7 Å². The summed E-state index contributed by atoms with van der Waals surface area (Å²) in [5, 5.41) is 21.2. The van der Waals surface area contributed by atoms with Crippen LogP contribution in [-0.2, 0) is 4.79 Å². The van der Waals surface area contributed by atoms with Gasteiger partial charge in [-0.25, -0.2) is 0 Å². The van der Waals surface area contributed by atoms with Crippen molar-refractivity contribution in [2.45, 2.75) is 36.8 Å². The highest BCUT2D eigenvalue weighted by Crippen LogP contribution is 2.50. The molecule has 0 saturated heterocycles. The van der Waals surface area contributed by atoms with Gasteiger partial charge in [0.25, 0.3) is 16.9 Å². The number of carbonyl (C=O) groups is 1. The number of ketones is 1. The van der Waals surface area contributed by atoms with Crippen molar-refractivity contribution in [2.75, 3.05) is 0 Å². The van der Waals surface area contributed by atoms with Gasteiger partial charge in [0.15, 0.2) is 0 Å². The molecular weight excluding hydrogens is 192 g/mol. The van der Waals surface area contributed by atoms with E-state index in [0.717, 1.165) is 0 Å². The van der Waals surface area contributed by atoms with E-state index in [1.807, 2.05) is 0 Å². The highest BCUT2D eigenvalue weighted by Gasteiger charge is 2.77. The minimum absolute atomic E-state index is 0.147. The molecule has 0 spiro atoms. The fourth-order valence-electron chi connectivity index (χ4n) is 1.66. The first kappa shape index (κ1) is 9.04. The molecule has 0 heterocycles. The molecule has 0 radical (unpaired) electrons. The highest BCUT2D eigenvalue weighted by molar-refractivity contribution is 5.98. The number of Topliss-reactive ketones (excluding diaryl/α,β-unsaturated/α-hetero) is 1. The average molecular weight is 200 g/mol. The van der Waals surface area contributed by atoms with Crippen molar-refractivity contribution in [1.29, 1.82) is 0 Å². The van der Waals surface area contributed by atoms with E-state index in [9.17, 15) is 25.0 Å². The summed E-state index contributed by atoms with van der Waals surface area (Å²) in [5.41, 5.74) is -3.24. The van der Waals surface area contributed by atoms with E-state index >= 15 is 0 Å². The standard InChI is InChI=1S/C7H8N2O5/c10-5(6(1-2-6)8(11)12)7(3-4-7)9(13)14/h1-4H2. The van der Waals surface area contributed by atoms with E-state index in [0.29, 0.717) is 0 Å². The van der Waals surface area contributed by atoms with Crippen molar-refractivity contribution in [3.63, 3.8) is 0 Å². The van der Waals surface area contributed by atoms with Gasteiger partial charge in [0, 0.05) is 35.5 Å². The Morgan fingerprint density at radius 1 is 0.929 bits per heavy atom. The van der Waals surface area contributed by atoms with Crippen LogP contribution >= 0.6 is 0 Å². The van der Waals surface area contributed by atoms with Crippen LogP contribution in [0.3, 0.4) is 0 Å². The molecule has 7 heteroatoms. The van der Waals surface area contributed by atoms with Gasteiger partial charge >= 0.3 is 0 Å². The molecule has 0 aromatic heterocycles. The molecule has 0 N–H and O–H groups in total. The Balaban J connectivity index is 2.25. The molecule has 7 nitrogen and oxygen atoms in total. The van der Waals surface area contributed by atoms with Crippen molar-refractivity contribution in [2.24, 2.45) is 0 Å². The first-order valence-electron chi connectivity index (χ1n) is 4.30. The van der Waals surface area contributed by atoms with Gasteiger partial charge in [0.1, 0.15) is 0 Å². The van der Waals surface area contributed by atoms with Crippen molar-refractivity contribution in [1.82, 2.24) is 0 Å². The van der Waals surface area contributed by atoms with Crippen LogP contribution in [0.1, 0.15) is 25.7 Å². The molecule has 0 aromatic carbocycles. The van der Waals surface area contributed by atoms with Crippen molar-refractivity contribution < 1.29 is 14.6 Å². The topological polar surface area (TPSA) is 103 Å². The van der Waals surface area contributed by atoms with Crippen LogP contribution < -0.4 is 0 Å². The van der Waals surface area contributed by atoms with Crippen molar-refractivity contribution in [3.05, 3.63) is 20.2 Å². The molecule has 14 heavy (non-hydrogen) atoms. The van der Waals surface area contributed by atoms with E-state index in [-0.39, 0.29) is 25.7 Å². The van der Waals surface area contributed by atoms with Crippen LogP contribution in [0.2, 0.25) is 0 Å². The van der Waals surface area contributed by atoms with Crippen LogP contribution in [0, 0.1) is 20.2 Å². The number of nitrogens with zero attached hydrogens (tertiary/aromatic N) is 2. The van der Waals surface area contributed by atoms with Gasteiger partial charge in [-0.15, -0.1) is 0 Å². The van der Waals surface area contributed by atoms with E-state index in [1.54, 1.807) is 0 Å². The number of hydrogen-bond donors (Lipinski definition) is 0. The third-order valence-electron chi connectivity index (χ3n) is 2.99. The maximum Gasteiger partial charge on any atom is 0.287 e. The Hall–Kier alpha value is -1.53. The minimum Gasteiger partial charge on any atom is -0.283 e. The molecule has 0 aliphatic heterocycles. The second-order valence-corrected chi connectivity index (χ2v) is 3.91. The van der Waals surface area contributed by atoms with Gasteiger partial charge in [-0.3, -0.25) is 25.0 Å². The SMILES string of the molecule is O=C(C1([N+](=O)[O-])CC1)C1([N+](=O)[O-])CC1. The van der Waals surface area contributed by atoms with Crippen molar-refractivity contribution in [3.8, 4) is 0 Å². The molecule has 2 aliphatic rings. The van der Waals surface area contributed by atoms with Gasteiger partial charge in [-0.05, 0) is 0 Å². The third-order valence-corrected chi connectivity index (χ3v) is 2.99. The molecule has 0 aromatic rings. The fraction of sp³-hybridized carbons (Fsp3) is 0.857. The summed E-state index contributed by atoms with van der Waals surface area (Å²) in [6, 6.07) is 0. The summed E-state index contributed by atoms with van der Waals surface area (Å²) in [7, 11) is 0. The van der Waals surface area contributed by atoms with Crippen LogP contribution in [0.15, 0.2) is 0 Å². The second kappa shape index (κ2) is 2.28. The maximum absolute atomic E-state index is 11.6. The lowest BCUT2D eigenvalue weighted by Crippen LogP contribution is -2.45. The predicted molar refractivity (Wildman–Crippen MR) is 42.9 cm³/mol. The summed E-state index contributed by atoms with van der Waals surface area (Å²) < 4.78 is 0. The zero-order valence-electron chi connectivity index (χ0n) is 7.26.